The third-order valence-electron chi connectivity index (χ3n) is 3.00. The minimum Gasteiger partial charge on any atom is -0.393 e. The molecule has 1 unspecified atom stereocenters. The van der Waals surface area contributed by atoms with Gasteiger partial charge >= 0.3 is 0 Å². The van der Waals surface area contributed by atoms with Crippen molar-refractivity contribution in [2.45, 2.75) is 19.8 Å². The van der Waals surface area contributed by atoms with Gasteiger partial charge in [0.15, 0.2) is 0 Å². The number of carbonyl (C=O) groups excluding carboxylic acids is 2. The maximum Gasteiger partial charge on any atom is 0.242 e. The second-order valence-electron chi connectivity index (χ2n) is 4.41. The van der Waals surface area contributed by atoms with Gasteiger partial charge in [0, 0.05) is 20.1 Å². The topological polar surface area (TPSA) is 66.6 Å². The van der Waals surface area contributed by atoms with Gasteiger partial charge in [-0.2, -0.15) is 0 Å². The Morgan fingerprint density at radius 3 is 2.41 bits per heavy atom. The lowest BCUT2D eigenvalue weighted by Gasteiger charge is -2.23. The summed E-state index contributed by atoms with van der Waals surface area (Å²) in [6.07, 6.45) is 2.10. The third-order valence-corrected chi connectivity index (χ3v) is 3.36. The lowest BCUT2D eigenvalue weighted by molar-refractivity contribution is -0.139. The van der Waals surface area contributed by atoms with Crippen molar-refractivity contribution >= 4 is 29.0 Å². The smallest absolute Gasteiger partial charge is 0.242 e. The number of hydrogen-bond donors (Lipinski definition) is 1. The van der Waals surface area contributed by atoms with E-state index in [0.29, 0.717) is 0 Å². The molecule has 1 rings (SSSR count). The molecule has 0 aromatic rings. The highest BCUT2D eigenvalue weighted by Crippen LogP contribution is 2.08. The van der Waals surface area contributed by atoms with Gasteiger partial charge in [-0.1, -0.05) is 12.2 Å². The second kappa shape index (κ2) is 5.95. The predicted molar refractivity (Wildman–Crippen MR) is 69.4 cm³/mol. The zero-order valence-electron chi connectivity index (χ0n) is 10.3. The summed E-state index contributed by atoms with van der Waals surface area (Å²) in [6, 6.07) is 0. The fourth-order valence-electron chi connectivity index (χ4n) is 1.80. The van der Waals surface area contributed by atoms with Crippen LogP contribution < -0.4 is 5.73 Å². The fraction of sp³-hybridized carbons (Fsp3) is 0.727. The molecule has 0 aromatic heterocycles. The van der Waals surface area contributed by atoms with E-state index in [-0.39, 0.29) is 23.3 Å². The maximum absolute atomic E-state index is 11.8. The van der Waals surface area contributed by atoms with Gasteiger partial charge in [-0.25, -0.2) is 0 Å². The number of nitrogens with zero attached hydrogens (tertiary/aromatic N) is 2. The summed E-state index contributed by atoms with van der Waals surface area (Å²) in [7, 11) is 1.60. The van der Waals surface area contributed by atoms with Gasteiger partial charge < -0.3 is 15.5 Å². The minimum absolute atomic E-state index is 0.00603. The van der Waals surface area contributed by atoms with Gasteiger partial charge in [0.1, 0.15) is 0 Å². The maximum atomic E-state index is 11.8. The Balaban J connectivity index is 2.47. The van der Waals surface area contributed by atoms with E-state index < -0.39 is 5.92 Å². The monoisotopic (exact) mass is 257 g/mol. The molecule has 0 aromatic carbocycles. The summed E-state index contributed by atoms with van der Waals surface area (Å²) in [5, 5.41) is 0. The Morgan fingerprint density at radius 2 is 1.94 bits per heavy atom. The second-order valence-corrected chi connectivity index (χ2v) is 4.88. The number of thiocarbonyl (C=S) groups is 1. The molecule has 1 fully saturated rings. The van der Waals surface area contributed by atoms with E-state index in [2.05, 4.69) is 0 Å². The molecule has 0 saturated carbocycles. The summed E-state index contributed by atoms with van der Waals surface area (Å²) >= 11 is 4.77. The number of rotatable bonds is 4. The molecule has 1 aliphatic rings. The van der Waals surface area contributed by atoms with E-state index in [1.165, 1.54) is 4.90 Å². The van der Waals surface area contributed by atoms with Gasteiger partial charge in [0.25, 0.3) is 0 Å². The summed E-state index contributed by atoms with van der Waals surface area (Å²) in [6.45, 7) is 3.35. The van der Waals surface area contributed by atoms with Crippen LogP contribution in [0.3, 0.4) is 0 Å². The summed E-state index contributed by atoms with van der Waals surface area (Å²) in [5.41, 5.74) is 5.42. The standard InChI is InChI=1S/C11H19N3O2S/c1-8(10(12)17)11(16)13(2)7-9(15)14-5-3-4-6-14/h8H,3-7H2,1-2H3,(H2,12,17). The Labute approximate surface area is 107 Å². The number of likely N-dealkylation sites (N-methyl/N-ethyl adjacent to an activating group) is 1. The summed E-state index contributed by atoms with van der Waals surface area (Å²) < 4.78 is 0. The van der Waals surface area contributed by atoms with Crippen LogP contribution in [0.2, 0.25) is 0 Å². The molecule has 0 spiro atoms. The number of likely N-dealkylation sites (tertiary alicyclic amines) is 1. The third kappa shape index (κ3) is 3.66. The van der Waals surface area contributed by atoms with E-state index in [1.54, 1.807) is 18.9 Å². The van der Waals surface area contributed by atoms with E-state index in [1.807, 2.05) is 0 Å². The van der Waals surface area contributed by atoms with Crippen molar-refractivity contribution in [1.29, 1.82) is 0 Å². The number of carbonyl (C=O) groups is 2. The van der Waals surface area contributed by atoms with Crippen LogP contribution in [0.25, 0.3) is 0 Å². The molecule has 17 heavy (non-hydrogen) atoms. The van der Waals surface area contributed by atoms with E-state index in [4.69, 9.17) is 18.0 Å². The largest absolute Gasteiger partial charge is 0.393 e. The first-order chi connectivity index (χ1) is 7.93. The molecule has 2 amide bonds. The highest BCUT2D eigenvalue weighted by atomic mass is 32.1. The Kier molecular flexibility index (Phi) is 4.86. The minimum atomic E-state index is -0.513. The predicted octanol–water partition coefficient (Wildman–Crippen LogP) is -0.0106. The molecule has 1 heterocycles. The number of nitrogens with two attached hydrogens (primary N) is 1. The quantitative estimate of drug-likeness (QED) is 0.719. The van der Waals surface area contributed by atoms with Crippen LogP contribution in [0.15, 0.2) is 0 Å². The van der Waals surface area contributed by atoms with Crippen molar-refractivity contribution in [3.63, 3.8) is 0 Å². The number of amides is 2. The van der Waals surface area contributed by atoms with Crippen LogP contribution in [-0.2, 0) is 9.59 Å². The van der Waals surface area contributed by atoms with Crippen molar-refractivity contribution in [3.05, 3.63) is 0 Å². The Morgan fingerprint density at radius 1 is 1.41 bits per heavy atom. The summed E-state index contributed by atoms with van der Waals surface area (Å²) in [5.74, 6) is -0.722. The van der Waals surface area contributed by atoms with Crippen LogP contribution in [0.1, 0.15) is 19.8 Å². The van der Waals surface area contributed by atoms with Crippen LogP contribution in [0, 0.1) is 5.92 Å². The van der Waals surface area contributed by atoms with Crippen molar-refractivity contribution < 1.29 is 9.59 Å². The molecule has 1 aliphatic heterocycles. The van der Waals surface area contributed by atoms with Crippen LogP contribution >= 0.6 is 12.2 Å². The normalized spacial score (nSPS) is 16.7. The zero-order chi connectivity index (χ0) is 13.0. The van der Waals surface area contributed by atoms with Crippen molar-refractivity contribution in [3.8, 4) is 0 Å². The number of hydrogen-bond acceptors (Lipinski definition) is 3. The van der Waals surface area contributed by atoms with E-state index >= 15 is 0 Å². The molecule has 96 valence electrons. The fourth-order valence-corrected chi connectivity index (χ4v) is 1.90. The molecule has 0 radical (unpaired) electrons. The lowest BCUT2D eigenvalue weighted by Crippen LogP contribution is -2.43. The highest BCUT2D eigenvalue weighted by Gasteiger charge is 2.24. The SMILES string of the molecule is CC(C(=O)N(C)CC(=O)N1CCCC1)C(N)=S. The van der Waals surface area contributed by atoms with Gasteiger partial charge in [-0.15, -0.1) is 0 Å². The first-order valence-corrected chi connectivity index (χ1v) is 6.16. The molecular weight excluding hydrogens is 238 g/mol. The van der Waals surface area contributed by atoms with Gasteiger partial charge in [0.2, 0.25) is 11.8 Å². The Bertz CT molecular complexity index is 327. The Hall–Kier alpha value is -1.17. The van der Waals surface area contributed by atoms with Gasteiger partial charge in [0.05, 0.1) is 17.5 Å². The van der Waals surface area contributed by atoms with Gasteiger partial charge in [-0.3, -0.25) is 9.59 Å². The van der Waals surface area contributed by atoms with Crippen molar-refractivity contribution in [2.75, 3.05) is 26.7 Å². The average Bonchev–Trinajstić information content (AvgIpc) is 2.80. The van der Waals surface area contributed by atoms with Crippen molar-refractivity contribution in [2.24, 2.45) is 11.7 Å². The van der Waals surface area contributed by atoms with Crippen molar-refractivity contribution in [1.82, 2.24) is 9.80 Å². The molecule has 1 saturated heterocycles. The molecule has 1 atom stereocenters. The highest BCUT2D eigenvalue weighted by molar-refractivity contribution is 7.80. The lowest BCUT2D eigenvalue weighted by atomic mass is 10.1. The molecule has 5 nitrogen and oxygen atoms in total. The molecule has 0 bridgehead atoms. The van der Waals surface area contributed by atoms with E-state index in [0.717, 1.165) is 25.9 Å². The molecule has 6 heteroatoms. The molecular formula is C11H19N3O2S. The van der Waals surface area contributed by atoms with Gasteiger partial charge in [-0.05, 0) is 19.8 Å². The van der Waals surface area contributed by atoms with E-state index in [9.17, 15) is 9.59 Å². The first kappa shape index (κ1) is 13.9. The van der Waals surface area contributed by atoms with Crippen LogP contribution in [0.4, 0.5) is 0 Å². The van der Waals surface area contributed by atoms with Crippen LogP contribution in [-0.4, -0.2) is 53.3 Å². The summed E-state index contributed by atoms with van der Waals surface area (Å²) in [4.78, 5) is 27.0. The molecule has 0 aliphatic carbocycles. The molecule has 2 N–H and O–H groups in total. The van der Waals surface area contributed by atoms with Crippen LogP contribution in [0.5, 0.6) is 0 Å². The first-order valence-electron chi connectivity index (χ1n) is 5.75. The average molecular weight is 257 g/mol. The zero-order valence-corrected chi connectivity index (χ0v) is 11.1.